The van der Waals surface area contributed by atoms with Crippen molar-refractivity contribution in [3.8, 4) is 0 Å². The minimum atomic E-state index is 0.308. The number of Topliss-reactive ketones (excluding diaryl/α,β-unsaturated/α-hetero) is 1. The molecule has 68 valence electrons. The van der Waals surface area contributed by atoms with Crippen LogP contribution in [0.4, 0.5) is 0 Å². The molecule has 1 heteroatoms. The van der Waals surface area contributed by atoms with E-state index in [1.807, 2.05) is 6.92 Å². The van der Waals surface area contributed by atoms with Crippen molar-refractivity contribution in [2.45, 2.75) is 40.5 Å². The summed E-state index contributed by atoms with van der Waals surface area (Å²) in [7, 11) is 0. The van der Waals surface area contributed by atoms with Gasteiger partial charge < -0.3 is 0 Å². The third-order valence-electron chi connectivity index (χ3n) is 2.69. The van der Waals surface area contributed by atoms with Gasteiger partial charge in [0.2, 0.25) is 0 Å². The van der Waals surface area contributed by atoms with Crippen LogP contribution in [0.5, 0.6) is 0 Å². The molecule has 0 bridgehead atoms. The Balaban J connectivity index is 2.80. The molecule has 0 aromatic rings. The van der Waals surface area contributed by atoms with Crippen LogP contribution in [0.15, 0.2) is 11.6 Å². The summed E-state index contributed by atoms with van der Waals surface area (Å²) in [5.41, 5.74) is 1.27. The van der Waals surface area contributed by atoms with Gasteiger partial charge in [0, 0.05) is 6.42 Å². The second kappa shape index (κ2) is 3.04. The molecule has 0 N–H and O–H groups in total. The molecular weight excluding hydrogens is 148 g/mol. The normalized spacial score (nSPS) is 25.5. The lowest BCUT2D eigenvalue weighted by Gasteiger charge is -2.31. The number of rotatable bonds is 0. The van der Waals surface area contributed by atoms with Gasteiger partial charge in [-0.2, -0.15) is 0 Å². The summed E-state index contributed by atoms with van der Waals surface area (Å²) in [6.45, 7) is 8.63. The Bertz CT molecular complexity index is 218. The Morgan fingerprint density at radius 2 is 2.00 bits per heavy atom. The molecule has 12 heavy (non-hydrogen) atoms. The third-order valence-corrected chi connectivity index (χ3v) is 2.69. The summed E-state index contributed by atoms with van der Waals surface area (Å²) >= 11 is 0. The first kappa shape index (κ1) is 9.50. The number of ketones is 1. The molecule has 0 saturated carbocycles. The first-order chi connectivity index (χ1) is 5.41. The molecule has 1 nitrogen and oxygen atoms in total. The van der Waals surface area contributed by atoms with Crippen LogP contribution in [0.3, 0.4) is 0 Å². The molecule has 1 rings (SSSR count). The second-order valence-corrected chi connectivity index (χ2v) is 4.78. The van der Waals surface area contributed by atoms with Crippen LogP contribution in [-0.4, -0.2) is 5.78 Å². The summed E-state index contributed by atoms with van der Waals surface area (Å²) in [6, 6.07) is 0. The number of carbonyl (C=O) groups is 1. The highest BCUT2D eigenvalue weighted by Crippen LogP contribution is 2.34. The van der Waals surface area contributed by atoms with Crippen molar-refractivity contribution >= 4 is 5.78 Å². The predicted molar refractivity (Wildman–Crippen MR) is 50.9 cm³/mol. The van der Waals surface area contributed by atoms with Gasteiger partial charge in [-0.15, -0.1) is 0 Å². The smallest absolute Gasteiger partial charge is 0.158 e. The standard InChI is InChI=1S/C11H18O/c1-8-7-9(11(2,3)4)5-6-10(8)12/h7,9H,5-6H2,1-4H3. The topological polar surface area (TPSA) is 17.1 Å². The van der Waals surface area contributed by atoms with E-state index in [0.29, 0.717) is 17.1 Å². The largest absolute Gasteiger partial charge is 0.295 e. The van der Waals surface area contributed by atoms with E-state index in [0.717, 1.165) is 18.4 Å². The lowest BCUT2D eigenvalue weighted by atomic mass is 9.74. The van der Waals surface area contributed by atoms with Gasteiger partial charge >= 0.3 is 0 Å². The lowest BCUT2D eigenvalue weighted by molar-refractivity contribution is -0.116. The van der Waals surface area contributed by atoms with Gasteiger partial charge in [0.15, 0.2) is 5.78 Å². The molecule has 0 amide bonds. The average Bonchev–Trinajstić information content (AvgIpc) is 1.92. The van der Waals surface area contributed by atoms with Crippen LogP contribution < -0.4 is 0 Å². The fraction of sp³-hybridized carbons (Fsp3) is 0.727. The van der Waals surface area contributed by atoms with Crippen LogP contribution in [0.1, 0.15) is 40.5 Å². The van der Waals surface area contributed by atoms with Gasteiger partial charge in [0.25, 0.3) is 0 Å². The number of allylic oxidation sites excluding steroid dienone is 2. The molecule has 0 spiro atoms. The van der Waals surface area contributed by atoms with Crippen molar-refractivity contribution in [2.24, 2.45) is 11.3 Å². The molecule has 1 atom stereocenters. The fourth-order valence-corrected chi connectivity index (χ4v) is 1.64. The SMILES string of the molecule is CC1=CC(C(C)(C)C)CCC1=O. The van der Waals surface area contributed by atoms with E-state index in [1.54, 1.807) is 0 Å². The summed E-state index contributed by atoms with van der Waals surface area (Å²) in [5, 5.41) is 0. The molecule has 0 aliphatic heterocycles. The zero-order valence-corrected chi connectivity index (χ0v) is 8.48. The maximum Gasteiger partial charge on any atom is 0.158 e. The third kappa shape index (κ3) is 1.96. The molecule has 0 heterocycles. The molecule has 0 radical (unpaired) electrons. The lowest BCUT2D eigenvalue weighted by Crippen LogP contribution is -2.23. The van der Waals surface area contributed by atoms with E-state index in [1.165, 1.54) is 0 Å². The minimum absolute atomic E-state index is 0.308. The van der Waals surface area contributed by atoms with Crippen molar-refractivity contribution in [3.05, 3.63) is 11.6 Å². The quantitative estimate of drug-likeness (QED) is 0.540. The van der Waals surface area contributed by atoms with Crippen LogP contribution in [0.2, 0.25) is 0 Å². The highest BCUT2D eigenvalue weighted by atomic mass is 16.1. The Morgan fingerprint density at radius 3 is 2.42 bits per heavy atom. The van der Waals surface area contributed by atoms with Gasteiger partial charge in [0.1, 0.15) is 0 Å². The van der Waals surface area contributed by atoms with Gasteiger partial charge in [-0.1, -0.05) is 26.8 Å². The second-order valence-electron chi connectivity index (χ2n) is 4.78. The van der Waals surface area contributed by atoms with Crippen molar-refractivity contribution in [1.29, 1.82) is 0 Å². The van der Waals surface area contributed by atoms with Gasteiger partial charge in [0.05, 0.1) is 0 Å². The molecule has 1 aliphatic carbocycles. The van der Waals surface area contributed by atoms with Crippen LogP contribution in [-0.2, 0) is 4.79 Å². The summed E-state index contributed by atoms with van der Waals surface area (Å²) in [6.07, 6.45) is 3.91. The van der Waals surface area contributed by atoms with E-state index >= 15 is 0 Å². The maximum atomic E-state index is 11.2. The Hall–Kier alpha value is -0.590. The van der Waals surface area contributed by atoms with Gasteiger partial charge in [-0.3, -0.25) is 4.79 Å². The number of hydrogen-bond acceptors (Lipinski definition) is 1. The van der Waals surface area contributed by atoms with E-state index in [4.69, 9.17) is 0 Å². The van der Waals surface area contributed by atoms with E-state index in [9.17, 15) is 4.79 Å². The molecule has 0 aromatic heterocycles. The van der Waals surface area contributed by atoms with Crippen LogP contribution >= 0.6 is 0 Å². The highest BCUT2D eigenvalue weighted by Gasteiger charge is 2.27. The van der Waals surface area contributed by atoms with Crippen molar-refractivity contribution in [1.82, 2.24) is 0 Å². The first-order valence-electron chi connectivity index (χ1n) is 4.63. The van der Waals surface area contributed by atoms with Gasteiger partial charge in [-0.05, 0) is 30.3 Å². The zero-order chi connectivity index (χ0) is 9.35. The summed E-state index contributed by atoms with van der Waals surface area (Å²) in [4.78, 5) is 11.2. The predicted octanol–water partition coefficient (Wildman–Crippen LogP) is 2.96. The maximum absolute atomic E-state index is 11.2. The number of carbonyl (C=O) groups excluding carboxylic acids is 1. The Kier molecular flexibility index (Phi) is 2.41. The highest BCUT2D eigenvalue weighted by molar-refractivity contribution is 5.95. The Labute approximate surface area is 74.9 Å². The van der Waals surface area contributed by atoms with Crippen LogP contribution in [0.25, 0.3) is 0 Å². The molecular formula is C11H18O. The molecule has 1 unspecified atom stereocenters. The number of hydrogen-bond donors (Lipinski definition) is 0. The molecule has 1 aliphatic rings. The molecule has 0 aromatic carbocycles. The van der Waals surface area contributed by atoms with E-state index in [-0.39, 0.29) is 0 Å². The summed E-state index contributed by atoms with van der Waals surface area (Å²) in [5.74, 6) is 0.908. The van der Waals surface area contributed by atoms with E-state index < -0.39 is 0 Å². The fourth-order valence-electron chi connectivity index (χ4n) is 1.64. The summed E-state index contributed by atoms with van der Waals surface area (Å²) < 4.78 is 0. The first-order valence-corrected chi connectivity index (χ1v) is 4.63. The van der Waals surface area contributed by atoms with Crippen molar-refractivity contribution in [2.75, 3.05) is 0 Å². The van der Waals surface area contributed by atoms with Gasteiger partial charge in [-0.25, -0.2) is 0 Å². The Morgan fingerprint density at radius 1 is 1.42 bits per heavy atom. The zero-order valence-electron chi connectivity index (χ0n) is 8.48. The minimum Gasteiger partial charge on any atom is -0.295 e. The molecule has 0 fully saturated rings. The monoisotopic (exact) mass is 166 g/mol. The van der Waals surface area contributed by atoms with Crippen molar-refractivity contribution in [3.63, 3.8) is 0 Å². The van der Waals surface area contributed by atoms with E-state index in [2.05, 4.69) is 26.8 Å². The average molecular weight is 166 g/mol. The van der Waals surface area contributed by atoms with Crippen LogP contribution in [0, 0.1) is 11.3 Å². The molecule has 0 saturated heterocycles. The van der Waals surface area contributed by atoms with Crippen molar-refractivity contribution < 1.29 is 4.79 Å².